The highest BCUT2D eigenvalue weighted by molar-refractivity contribution is 6.54. The average Bonchev–Trinajstić information content (AvgIpc) is 2.87. The lowest BCUT2D eigenvalue weighted by Gasteiger charge is -2.20. The second-order valence-corrected chi connectivity index (χ2v) is 5.78. The van der Waals surface area contributed by atoms with E-state index in [1.807, 2.05) is 38.1 Å². The first kappa shape index (κ1) is 15.9. The molecule has 0 saturated carbocycles. The van der Waals surface area contributed by atoms with Crippen LogP contribution >= 0.6 is 0 Å². The molecule has 5 nitrogen and oxygen atoms in total. The Balaban J connectivity index is 2.01. The lowest BCUT2D eigenvalue weighted by atomic mass is 10.1. The molecule has 24 heavy (non-hydrogen) atoms. The van der Waals surface area contributed by atoms with Crippen molar-refractivity contribution in [2.75, 3.05) is 12.0 Å². The van der Waals surface area contributed by atoms with E-state index < -0.39 is 5.97 Å². The third kappa shape index (κ3) is 2.69. The molecule has 0 N–H and O–H groups in total. The molecule has 0 unspecified atom stereocenters. The van der Waals surface area contributed by atoms with E-state index in [-0.39, 0.29) is 11.9 Å². The van der Waals surface area contributed by atoms with Gasteiger partial charge in [-0.25, -0.2) is 9.79 Å². The minimum atomic E-state index is -0.400. The van der Waals surface area contributed by atoms with Crippen molar-refractivity contribution in [3.8, 4) is 0 Å². The van der Waals surface area contributed by atoms with Crippen molar-refractivity contribution < 1.29 is 14.3 Å². The molecule has 0 radical (unpaired) electrons. The van der Waals surface area contributed by atoms with Gasteiger partial charge in [-0.2, -0.15) is 0 Å². The Morgan fingerprint density at radius 1 is 1.08 bits per heavy atom. The van der Waals surface area contributed by atoms with Gasteiger partial charge >= 0.3 is 5.97 Å². The molecule has 0 fully saturated rings. The number of amides is 1. The zero-order valence-corrected chi connectivity index (χ0v) is 13.8. The number of methoxy groups -OCH3 is 1. The Labute approximate surface area is 140 Å². The van der Waals surface area contributed by atoms with Crippen LogP contribution in [0.2, 0.25) is 0 Å². The molecule has 1 aliphatic heterocycles. The van der Waals surface area contributed by atoms with Crippen molar-refractivity contribution in [3.63, 3.8) is 0 Å². The predicted molar refractivity (Wildman–Crippen MR) is 93.0 cm³/mol. The van der Waals surface area contributed by atoms with Gasteiger partial charge in [0.25, 0.3) is 5.91 Å². The van der Waals surface area contributed by atoms with Gasteiger partial charge in [0.05, 0.1) is 24.0 Å². The molecular formula is C19H18N2O3. The summed E-state index contributed by atoms with van der Waals surface area (Å²) in [6, 6.07) is 14.4. The molecule has 1 heterocycles. The SMILES string of the molecule is COC(=O)c1ccc(N=C2C(=O)N(C(C)C)c3ccccc32)cc1. The van der Waals surface area contributed by atoms with Gasteiger partial charge in [-0.05, 0) is 44.2 Å². The lowest BCUT2D eigenvalue weighted by molar-refractivity contribution is -0.112. The van der Waals surface area contributed by atoms with Gasteiger partial charge in [0.2, 0.25) is 0 Å². The van der Waals surface area contributed by atoms with Crippen LogP contribution in [-0.2, 0) is 9.53 Å². The molecular weight excluding hydrogens is 304 g/mol. The minimum Gasteiger partial charge on any atom is -0.465 e. The summed E-state index contributed by atoms with van der Waals surface area (Å²) in [7, 11) is 1.34. The van der Waals surface area contributed by atoms with Gasteiger partial charge in [-0.15, -0.1) is 0 Å². The number of carbonyl (C=O) groups excluding carboxylic acids is 2. The van der Waals surface area contributed by atoms with E-state index in [2.05, 4.69) is 9.73 Å². The van der Waals surface area contributed by atoms with E-state index in [9.17, 15) is 9.59 Å². The Kier molecular flexibility index (Phi) is 4.16. The summed E-state index contributed by atoms with van der Waals surface area (Å²) in [5.74, 6) is -0.509. The van der Waals surface area contributed by atoms with Gasteiger partial charge in [0, 0.05) is 11.6 Å². The highest BCUT2D eigenvalue weighted by Crippen LogP contribution is 2.32. The van der Waals surface area contributed by atoms with Crippen LogP contribution in [0.4, 0.5) is 11.4 Å². The molecule has 2 aromatic rings. The number of rotatable bonds is 3. The van der Waals surface area contributed by atoms with Crippen LogP contribution in [0.25, 0.3) is 0 Å². The van der Waals surface area contributed by atoms with Crippen LogP contribution in [0.1, 0.15) is 29.8 Å². The lowest BCUT2D eigenvalue weighted by Crippen LogP contribution is -2.35. The van der Waals surface area contributed by atoms with Crippen molar-refractivity contribution in [1.82, 2.24) is 0 Å². The maximum absolute atomic E-state index is 12.8. The monoisotopic (exact) mass is 322 g/mol. The summed E-state index contributed by atoms with van der Waals surface area (Å²) in [4.78, 5) is 30.5. The Morgan fingerprint density at radius 2 is 1.75 bits per heavy atom. The molecule has 0 bridgehead atoms. The van der Waals surface area contributed by atoms with Crippen LogP contribution in [-0.4, -0.2) is 30.7 Å². The van der Waals surface area contributed by atoms with Crippen LogP contribution in [0.15, 0.2) is 53.5 Å². The molecule has 0 aliphatic carbocycles. The number of hydrogen-bond acceptors (Lipinski definition) is 4. The number of para-hydroxylation sites is 1. The molecule has 122 valence electrons. The average molecular weight is 322 g/mol. The number of benzene rings is 2. The van der Waals surface area contributed by atoms with Crippen molar-refractivity contribution in [2.24, 2.45) is 4.99 Å². The number of carbonyl (C=O) groups is 2. The van der Waals surface area contributed by atoms with Gasteiger partial charge in [0.1, 0.15) is 5.71 Å². The highest BCUT2D eigenvalue weighted by atomic mass is 16.5. The summed E-state index contributed by atoms with van der Waals surface area (Å²) >= 11 is 0. The van der Waals surface area contributed by atoms with Gasteiger partial charge in [0.15, 0.2) is 0 Å². The fraction of sp³-hybridized carbons (Fsp3) is 0.211. The Bertz CT molecular complexity index is 823. The van der Waals surface area contributed by atoms with E-state index in [0.717, 1.165) is 11.3 Å². The van der Waals surface area contributed by atoms with Gasteiger partial charge < -0.3 is 9.64 Å². The van der Waals surface area contributed by atoms with Crippen LogP contribution in [0.3, 0.4) is 0 Å². The molecule has 0 atom stereocenters. The fourth-order valence-electron chi connectivity index (χ4n) is 2.76. The third-order valence-electron chi connectivity index (χ3n) is 3.89. The van der Waals surface area contributed by atoms with E-state index >= 15 is 0 Å². The van der Waals surface area contributed by atoms with Crippen molar-refractivity contribution in [3.05, 3.63) is 59.7 Å². The van der Waals surface area contributed by atoms with Crippen molar-refractivity contribution >= 4 is 29.0 Å². The summed E-state index contributed by atoms with van der Waals surface area (Å²) in [5, 5.41) is 0. The topological polar surface area (TPSA) is 59.0 Å². The predicted octanol–water partition coefficient (Wildman–Crippen LogP) is 3.35. The first-order chi connectivity index (χ1) is 11.5. The molecule has 3 rings (SSSR count). The zero-order chi connectivity index (χ0) is 17.3. The van der Waals surface area contributed by atoms with E-state index in [1.165, 1.54) is 7.11 Å². The molecule has 0 aromatic heterocycles. The second kappa shape index (κ2) is 6.28. The van der Waals surface area contributed by atoms with Crippen molar-refractivity contribution in [1.29, 1.82) is 0 Å². The fourth-order valence-corrected chi connectivity index (χ4v) is 2.76. The second-order valence-electron chi connectivity index (χ2n) is 5.78. The van der Waals surface area contributed by atoms with Crippen LogP contribution in [0, 0.1) is 0 Å². The number of fused-ring (bicyclic) bond motifs is 1. The number of nitrogens with zero attached hydrogens (tertiary/aromatic N) is 2. The maximum atomic E-state index is 12.8. The van der Waals surface area contributed by atoms with Crippen LogP contribution in [0.5, 0.6) is 0 Å². The summed E-state index contributed by atoms with van der Waals surface area (Å²) in [5.41, 5.74) is 3.19. The Morgan fingerprint density at radius 3 is 2.38 bits per heavy atom. The smallest absolute Gasteiger partial charge is 0.337 e. The maximum Gasteiger partial charge on any atom is 0.337 e. The number of anilines is 1. The number of esters is 1. The quantitative estimate of drug-likeness (QED) is 0.814. The summed E-state index contributed by atoms with van der Waals surface area (Å²) in [6.07, 6.45) is 0. The minimum absolute atomic E-state index is 0.0491. The molecule has 0 saturated heterocycles. The first-order valence-electron chi connectivity index (χ1n) is 7.73. The zero-order valence-electron chi connectivity index (χ0n) is 13.8. The normalized spacial score (nSPS) is 15.1. The van der Waals surface area contributed by atoms with Crippen molar-refractivity contribution in [2.45, 2.75) is 19.9 Å². The highest BCUT2D eigenvalue weighted by Gasteiger charge is 2.35. The van der Waals surface area contributed by atoms with E-state index in [0.29, 0.717) is 17.0 Å². The molecule has 2 aromatic carbocycles. The summed E-state index contributed by atoms with van der Waals surface area (Å²) < 4.78 is 4.68. The number of aliphatic imine (C=N–C) groups is 1. The summed E-state index contributed by atoms with van der Waals surface area (Å²) in [6.45, 7) is 3.95. The molecule has 1 amide bonds. The number of hydrogen-bond donors (Lipinski definition) is 0. The third-order valence-corrected chi connectivity index (χ3v) is 3.89. The number of ether oxygens (including phenoxy) is 1. The standard InChI is InChI=1S/C19H18N2O3/c1-12(2)21-16-7-5-4-6-15(16)17(18(21)22)20-14-10-8-13(9-11-14)19(23)24-3/h4-12H,1-3H3. The van der Waals surface area contributed by atoms with Crippen LogP contribution < -0.4 is 4.90 Å². The molecule has 5 heteroatoms. The van der Waals surface area contributed by atoms with E-state index in [1.54, 1.807) is 29.2 Å². The molecule has 1 aliphatic rings. The first-order valence-corrected chi connectivity index (χ1v) is 7.73. The largest absolute Gasteiger partial charge is 0.465 e. The van der Waals surface area contributed by atoms with Gasteiger partial charge in [-0.1, -0.05) is 18.2 Å². The Hall–Kier alpha value is -2.95. The molecule has 0 spiro atoms. The van der Waals surface area contributed by atoms with Gasteiger partial charge in [-0.3, -0.25) is 4.79 Å². The van der Waals surface area contributed by atoms with E-state index in [4.69, 9.17) is 0 Å².